The van der Waals surface area contributed by atoms with Crippen LogP contribution in [0.2, 0.25) is 0 Å². The molecule has 1 aromatic carbocycles. The van der Waals surface area contributed by atoms with Gasteiger partial charge in [-0.25, -0.2) is 14.4 Å². The zero-order valence-corrected chi connectivity index (χ0v) is 13.2. The van der Waals surface area contributed by atoms with Gasteiger partial charge in [-0.05, 0) is 26.0 Å². The Kier molecular flexibility index (Phi) is 7.32. The van der Waals surface area contributed by atoms with E-state index in [1.807, 2.05) is 0 Å². The van der Waals surface area contributed by atoms with Crippen molar-refractivity contribution in [2.24, 2.45) is 0 Å². The van der Waals surface area contributed by atoms with Gasteiger partial charge in [0.2, 0.25) is 6.04 Å². The Morgan fingerprint density at radius 1 is 1.17 bits per heavy atom. The Bertz CT molecular complexity index is 581. The van der Waals surface area contributed by atoms with E-state index in [0.29, 0.717) is 0 Å². The van der Waals surface area contributed by atoms with Crippen LogP contribution in [0, 0.1) is 0 Å². The Morgan fingerprint density at radius 2 is 1.83 bits per heavy atom. The van der Waals surface area contributed by atoms with E-state index in [1.54, 1.807) is 44.2 Å². The van der Waals surface area contributed by atoms with E-state index >= 15 is 0 Å². The third-order valence-corrected chi connectivity index (χ3v) is 2.71. The lowest BCUT2D eigenvalue weighted by molar-refractivity contribution is -0.153. The SMILES string of the molecule is CC=C(NC(C(=O)OCC)C(=O)Oc1ccccc1)C(=O)OC. The van der Waals surface area contributed by atoms with Crippen molar-refractivity contribution in [1.82, 2.24) is 5.32 Å². The first-order valence-electron chi connectivity index (χ1n) is 6.98. The van der Waals surface area contributed by atoms with Gasteiger partial charge in [-0.3, -0.25) is 0 Å². The van der Waals surface area contributed by atoms with Gasteiger partial charge in [0.15, 0.2) is 0 Å². The van der Waals surface area contributed by atoms with E-state index in [9.17, 15) is 14.4 Å². The minimum Gasteiger partial charge on any atom is -0.464 e. The summed E-state index contributed by atoms with van der Waals surface area (Å²) in [5.74, 6) is -2.18. The van der Waals surface area contributed by atoms with Crippen LogP contribution >= 0.6 is 0 Å². The molecule has 7 heteroatoms. The van der Waals surface area contributed by atoms with Gasteiger partial charge in [0.25, 0.3) is 0 Å². The molecule has 124 valence electrons. The summed E-state index contributed by atoms with van der Waals surface area (Å²) in [6, 6.07) is 6.77. The lowest BCUT2D eigenvalue weighted by Crippen LogP contribution is -2.47. The normalized spacial score (nSPS) is 12.0. The average Bonchev–Trinajstić information content (AvgIpc) is 2.56. The van der Waals surface area contributed by atoms with Gasteiger partial charge in [0.05, 0.1) is 13.7 Å². The summed E-state index contributed by atoms with van der Waals surface area (Å²) in [7, 11) is 1.19. The van der Waals surface area contributed by atoms with Crippen LogP contribution in [-0.2, 0) is 23.9 Å². The lowest BCUT2D eigenvalue weighted by Gasteiger charge is -2.18. The van der Waals surface area contributed by atoms with Gasteiger partial charge in [-0.2, -0.15) is 0 Å². The van der Waals surface area contributed by atoms with E-state index in [2.05, 4.69) is 10.1 Å². The molecule has 0 bridgehead atoms. The quantitative estimate of drug-likeness (QED) is 0.349. The summed E-state index contributed by atoms with van der Waals surface area (Å²) in [6.45, 7) is 3.25. The molecule has 1 atom stereocenters. The van der Waals surface area contributed by atoms with Crippen molar-refractivity contribution in [3.8, 4) is 5.75 Å². The number of carbonyl (C=O) groups excluding carboxylic acids is 3. The molecule has 7 nitrogen and oxygen atoms in total. The average molecular weight is 321 g/mol. The third kappa shape index (κ3) is 5.46. The highest BCUT2D eigenvalue weighted by Gasteiger charge is 2.32. The molecule has 0 aromatic heterocycles. The van der Waals surface area contributed by atoms with Crippen molar-refractivity contribution in [1.29, 1.82) is 0 Å². The number of methoxy groups -OCH3 is 1. The second-order valence-electron chi connectivity index (χ2n) is 4.26. The highest BCUT2D eigenvalue weighted by molar-refractivity contribution is 6.01. The predicted octanol–water partition coefficient (Wildman–Crippen LogP) is 1.19. The van der Waals surface area contributed by atoms with Crippen molar-refractivity contribution in [2.45, 2.75) is 19.9 Å². The number of carbonyl (C=O) groups is 3. The number of hydrogen-bond donors (Lipinski definition) is 1. The van der Waals surface area contributed by atoms with Crippen LogP contribution in [-0.4, -0.2) is 37.7 Å². The van der Waals surface area contributed by atoms with Crippen molar-refractivity contribution >= 4 is 17.9 Å². The van der Waals surface area contributed by atoms with Gasteiger partial charge in [0, 0.05) is 0 Å². The molecule has 1 aromatic rings. The highest BCUT2D eigenvalue weighted by Crippen LogP contribution is 2.10. The maximum atomic E-state index is 12.2. The maximum absolute atomic E-state index is 12.2. The molecule has 0 saturated carbocycles. The largest absolute Gasteiger partial charge is 0.464 e. The number of ether oxygens (including phenoxy) is 3. The molecule has 1 rings (SSSR count). The van der Waals surface area contributed by atoms with Crippen LogP contribution in [0.15, 0.2) is 42.1 Å². The molecule has 0 aliphatic heterocycles. The van der Waals surface area contributed by atoms with E-state index < -0.39 is 23.9 Å². The first kappa shape index (κ1) is 18.2. The Morgan fingerprint density at radius 3 is 2.35 bits per heavy atom. The number of para-hydroxylation sites is 1. The third-order valence-electron chi connectivity index (χ3n) is 2.71. The standard InChI is InChI=1S/C16H19NO6/c1-4-12(14(18)21-3)17-13(15(19)22-5-2)16(20)23-11-9-7-6-8-10-11/h4,6-10,13,17H,5H2,1-3H3. The molecule has 1 N–H and O–H groups in total. The molecular weight excluding hydrogens is 302 g/mol. The zero-order chi connectivity index (χ0) is 17.2. The minimum atomic E-state index is -1.49. The van der Waals surface area contributed by atoms with Gasteiger partial charge >= 0.3 is 17.9 Å². The Labute approximate surface area is 134 Å². The summed E-state index contributed by atoms with van der Waals surface area (Å²) in [5.41, 5.74) is -0.0458. The number of rotatable bonds is 7. The smallest absolute Gasteiger partial charge is 0.353 e. The van der Waals surface area contributed by atoms with Crippen molar-refractivity contribution in [2.75, 3.05) is 13.7 Å². The Hall–Kier alpha value is -2.83. The molecule has 0 fully saturated rings. The highest BCUT2D eigenvalue weighted by atomic mass is 16.6. The summed E-state index contributed by atoms with van der Waals surface area (Å²) >= 11 is 0. The monoisotopic (exact) mass is 321 g/mol. The number of benzene rings is 1. The maximum Gasteiger partial charge on any atom is 0.353 e. The molecule has 23 heavy (non-hydrogen) atoms. The zero-order valence-electron chi connectivity index (χ0n) is 13.2. The van der Waals surface area contributed by atoms with Crippen LogP contribution in [0.3, 0.4) is 0 Å². The van der Waals surface area contributed by atoms with Crippen LogP contribution < -0.4 is 10.1 Å². The van der Waals surface area contributed by atoms with Gasteiger partial charge in [-0.1, -0.05) is 24.3 Å². The van der Waals surface area contributed by atoms with Crippen molar-refractivity contribution in [3.05, 3.63) is 42.1 Å². The first-order chi connectivity index (χ1) is 11.0. The molecule has 0 aliphatic rings. The van der Waals surface area contributed by atoms with Gasteiger partial charge in [-0.15, -0.1) is 0 Å². The fourth-order valence-corrected chi connectivity index (χ4v) is 1.63. The summed E-state index contributed by atoms with van der Waals surface area (Å²) in [4.78, 5) is 35.8. The number of allylic oxidation sites excluding steroid dienone is 1. The molecule has 1 unspecified atom stereocenters. The number of esters is 3. The van der Waals surface area contributed by atoms with E-state index in [4.69, 9.17) is 9.47 Å². The summed E-state index contributed by atoms with van der Waals surface area (Å²) < 4.78 is 14.5. The van der Waals surface area contributed by atoms with Gasteiger partial charge in [0.1, 0.15) is 11.4 Å². The Balaban J connectivity index is 2.93. The van der Waals surface area contributed by atoms with Crippen LogP contribution in [0.4, 0.5) is 0 Å². The summed E-state index contributed by atoms with van der Waals surface area (Å²) in [6.07, 6.45) is 1.38. The molecular formula is C16H19NO6. The lowest BCUT2D eigenvalue weighted by atomic mass is 10.2. The number of nitrogens with one attached hydrogen (secondary N) is 1. The van der Waals surface area contributed by atoms with Crippen LogP contribution in [0.1, 0.15) is 13.8 Å². The second kappa shape index (κ2) is 9.24. The summed E-state index contributed by atoms with van der Waals surface area (Å²) in [5, 5.41) is 2.50. The molecule has 0 heterocycles. The van der Waals surface area contributed by atoms with Crippen molar-refractivity contribution < 1.29 is 28.6 Å². The molecule has 0 radical (unpaired) electrons. The predicted molar refractivity (Wildman–Crippen MR) is 81.4 cm³/mol. The molecule has 0 spiro atoms. The number of hydrogen-bond acceptors (Lipinski definition) is 7. The van der Waals surface area contributed by atoms with E-state index in [1.165, 1.54) is 13.2 Å². The topological polar surface area (TPSA) is 90.9 Å². The fourth-order valence-electron chi connectivity index (χ4n) is 1.63. The molecule has 0 aliphatic carbocycles. The first-order valence-corrected chi connectivity index (χ1v) is 6.98. The molecule has 0 saturated heterocycles. The van der Waals surface area contributed by atoms with Crippen LogP contribution in [0.5, 0.6) is 5.75 Å². The molecule has 0 amide bonds. The van der Waals surface area contributed by atoms with E-state index in [0.717, 1.165) is 0 Å². The van der Waals surface area contributed by atoms with E-state index in [-0.39, 0.29) is 18.1 Å². The minimum absolute atomic E-state index is 0.0458. The fraction of sp³-hybridized carbons (Fsp3) is 0.312. The second-order valence-corrected chi connectivity index (χ2v) is 4.26. The van der Waals surface area contributed by atoms with Crippen molar-refractivity contribution in [3.63, 3.8) is 0 Å². The van der Waals surface area contributed by atoms with Gasteiger partial charge < -0.3 is 19.5 Å². The van der Waals surface area contributed by atoms with Crippen LogP contribution in [0.25, 0.3) is 0 Å².